The molecule has 0 aromatic carbocycles. The highest BCUT2D eigenvalue weighted by atomic mass is 16.6. The molecule has 0 atom stereocenters. The Balaban J connectivity index is 1.58. The van der Waals surface area contributed by atoms with E-state index in [0.29, 0.717) is 26.4 Å². The Morgan fingerprint density at radius 3 is 1.50 bits per heavy atom. The van der Waals surface area contributed by atoms with Gasteiger partial charge in [0.25, 0.3) is 0 Å². The topological polar surface area (TPSA) is 77.5 Å². The molecule has 2 heterocycles. The largest absolute Gasteiger partial charge is 0.446 e. The Labute approximate surface area is 129 Å². The summed E-state index contributed by atoms with van der Waals surface area (Å²) >= 11 is 0. The molecule has 2 aliphatic heterocycles. The highest BCUT2D eigenvalue weighted by Crippen LogP contribution is 1.98. The molecule has 124 valence electrons. The third-order valence-corrected chi connectivity index (χ3v) is 3.34. The Hall–Kier alpha value is -1.48. The molecule has 2 aliphatic rings. The summed E-state index contributed by atoms with van der Waals surface area (Å²) < 4.78 is 20.5. The molecule has 0 N–H and O–H groups in total. The number of rotatable bonds is 6. The SMILES string of the molecule is O=C(/C=C/C(=O)OCN1CCOCC1)OCN1CCOCC1. The number of ether oxygens (including phenoxy) is 4. The summed E-state index contributed by atoms with van der Waals surface area (Å²) in [6.45, 7) is 5.91. The van der Waals surface area contributed by atoms with Gasteiger partial charge in [0, 0.05) is 38.3 Å². The van der Waals surface area contributed by atoms with E-state index in [0.717, 1.165) is 38.3 Å². The number of hydrogen-bond donors (Lipinski definition) is 0. The van der Waals surface area contributed by atoms with E-state index in [1.807, 2.05) is 9.80 Å². The molecule has 8 nitrogen and oxygen atoms in total. The summed E-state index contributed by atoms with van der Waals surface area (Å²) in [5.74, 6) is -1.12. The first kappa shape index (κ1) is 16.9. The quantitative estimate of drug-likeness (QED) is 0.466. The van der Waals surface area contributed by atoms with Crippen LogP contribution in [-0.2, 0) is 28.5 Å². The van der Waals surface area contributed by atoms with Crippen LogP contribution >= 0.6 is 0 Å². The predicted molar refractivity (Wildman–Crippen MR) is 75.8 cm³/mol. The molecular formula is C14H22N2O6. The Morgan fingerprint density at radius 1 is 0.773 bits per heavy atom. The third kappa shape index (κ3) is 6.52. The lowest BCUT2D eigenvalue weighted by molar-refractivity contribution is -0.147. The van der Waals surface area contributed by atoms with Gasteiger partial charge in [-0.05, 0) is 0 Å². The zero-order valence-corrected chi connectivity index (χ0v) is 12.6. The minimum absolute atomic E-state index is 0.204. The molecule has 2 saturated heterocycles. The van der Waals surface area contributed by atoms with Gasteiger partial charge in [0.1, 0.15) is 13.5 Å². The van der Waals surface area contributed by atoms with Gasteiger partial charge in [-0.15, -0.1) is 0 Å². The molecule has 0 radical (unpaired) electrons. The second-order valence-electron chi connectivity index (χ2n) is 4.98. The fraction of sp³-hybridized carbons (Fsp3) is 0.714. The van der Waals surface area contributed by atoms with Crippen molar-refractivity contribution in [2.24, 2.45) is 0 Å². The fourth-order valence-corrected chi connectivity index (χ4v) is 2.00. The van der Waals surface area contributed by atoms with Gasteiger partial charge in [-0.2, -0.15) is 0 Å². The van der Waals surface area contributed by atoms with Crippen LogP contribution in [-0.4, -0.2) is 87.8 Å². The molecule has 0 aromatic heterocycles. The average molecular weight is 314 g/mol. The first-order valence-corrected chi connectivity index (χ1v) is 7.36. The van der Waals surface area contributed by atoms with E-state index in [4.69, 9.17) is 18.9 Å². The lowest BCUT2D eigenvalue weighted by Gasteiger charge is -2.25. The van der Waals surface area contributed by atoms with E-state index in [1.54, 1.807) is 0 Å². The highest BCUT2D eigenvalue weighted by Gasteiger charge is 2.13. The van der Waals surface area contributed by atoms with Crippen molar-refractivity contribution in [3.8, 4) is 0 Å². The van der Waals surface area contributed by atoms with Gasteiger partial charge < -0.3 is 18.9 Å². The van der Waals surface area contributed by atoms with Crippen LogP contribution in [0.1, 0.15) is 0 Å². The maximum absolute atomic E-state index is 11.5. The van der Waals surface area contributed by atoms with Gasteiger partial charge in [-0.1, -0.05) is 0 Å². The van der Waals surface area contributed by atoms with Crippen molar-refractivity contribution in [3.63, 3.8) is 0 Å². The summed E-state index contributed by atoms with van der Waals surface area (Å²) in [4.78, 5) is 26.9. The van der Waals surface area contributed by atoms with Gasteiger partial charge in [-0.3, -0.25) is 9.80 Å². The van der Waals surface area contributed by atoms with Crippen LogP contribution in [0.15, 0.2) is 12.2 Å². The average Bonchev–Trinajstić information content (AvgIpc) is 2.58. The lowest BCUT2D eigenvalue weighted by atomic mass is 10.4. The van der Waals surface area contributed by atoms with E-state index in [9.17, 15) is 9.59 Å². The van der Waals surface area contributed by atoms with Crippen LogP contribution in [0.25, 0.3) is 0 Å². The second-order valence-corrected chi connectivity index (χ2v) is 4.98. The molecule has 8 heteroatoms. The number of morpholine rings is 2. The van der Waals surface area contributed by atoms with Crippen molar-refractivity contribution in [2.75, 3.05) is 66.1 Å². The Bertz CT molecular complexity index is 353. The normalized spacial score (nSPS) is 20.9. The van der Waals surface area contributed by atoms with Crippen LogP contribution in [0.2, 0.25) is 0 Å². The molecule has 0 saturated carbocycles. The van der Waals surface area contributed by atoms with Crippen molar-refractivity contribution in [3.05, 3.63) is 12.2 Å². The van der Waals surface area contributed by atoms with Crippen molar-refractivity contribution in [1.82, 2.24) is 9.80 Å². The number of esters is 2. The molecule has 0 amide bonds. The molecule has 22 heavy (non-hydrogen) atoms. The predicted octanol–water partition coefficient (Wildman–Crippen LogP) is -0.792. The molecule has 2 fully saturated rings. The van der Waals surface area contributed by atoms with Gasteiger partial charge >= 0.3 is 11.9 Å². The summed E-state index contributed by atoms with van der Waals surface area (Å²) in [5, 5.41) is 0. The van der Waals surface area contributed by atoms with Crippen LogP contribution < -0.4 is 0 Å². The molecule has 0 bridgehead atoms. The van der Waals surface area contributed by atoms with Gasteiger partial charge in [0.15, 0.2) is 0 Å². The van der Waals surface area contributed by atoms with Gasteiger partial charge in [0.05, 0.1) is 26.4 Å². The highest BCUT2D eigenvalue weighted by molar-refractivity contribution is 5.91. The molecule has 0 spiro atoms. The van der Waals surface area contributed by atoms with Crippen LogP contribution in [0.3, 0.4) is 0 Å². The first-order chi connectivity index (χ1) is 10.7. The summed E-state index contributed by atoms with van der Waals surface area (Å²) in [6.07, 6.45) is 2.17. The van der Waals surface area contributed by atoms with Crippen molar-refractivity contribution in [2.45, 2.75) is 0 Å². The molecule has 2 rings (SSSR count). The second kappa shape index (κ2) is 9.52. The summed E-state index contributed by atoms with van der Waals surface area (Å²) in [7, 11) is 0. The number of hydrogen-bond acceptors (Lipinski definition) is 8. The van der Waals surface area contributed by atoms with Crippen LogP contribution in [0, 0.1) is 0 Å². The molecule has 0 aromatic rings. The van der Waals surface area contributed by atoms with Gasteiger partial charge in [-0.25, -0.2) is 9.59 Å². The van der Waals surface area contributed by atoms with Crippen LogP contribution in [0.5, 0.6) is 0 Å². The minimum Gasteiger partial charge on any atom is -0.446 e. The Kier molecular flexibility index (Phi) is 7.31. The molecule has 0 unspecified atom stereocenters. The zero-order valence-electron chi connectivity index (χ0n) is 12.6. The zero-order chi connectivity index (χ0) is 15.6. The van der Waals surface area contributed by atoms with Crippen molar-refractivity contribution < 1.29 is 28.5 Å². The molecular weight excluding hydrogens is 292 g/mol. The summed E-state index contributed by atoms with van der Waals surface area (Å²) in [5.41, 5.74) is 0. The first-order valence-electron chi connectivity index (χ1n) is 7.36. The van der Waals surface area contributed by atoms with Crippen molar-refractivity contribution >= 4 is 11.9 Å². The summed E-state index contributed by atoms with van der Waals surface area (Å²) in [6, 6.07) is 0. The fourth-order valence-electron chi connectivity index (χ4n) is 2.00. The maximum Gasteiger partial charge on any atom is 0.332 e. The minimum atomic E-state index is -0.560. The Morgan fingerprint density at radius 2 is 1.14 bits per heavy atom. The smallest absolute Gasteiger partial charge is 0.332 e. The standard InChI is InChI=1S/C14H22N2O6/c17-13(21-11-15-3-7-19-8-4-15)1-2-14(18)22-12-16-5-9-20-10-6-16/h1-2H,3-12H2/b2-1+. The van der Waals surface area contributed by atoms with E-state index in [1.165, 1.54) is 0 Å². The third-order valence-electron chi connectivity index (χ3n) is 3.34. The van der Waals surface area contributed by atoms with E-state index in [-0.39, 0.29) is 13.5 Å². The number of nitrogens with zero attached hydrogens (tertiary/aromatic N) is 2. The molecule has 0 aliphatic carbocycles. The monoisotopic (exact) mass is 314 g/mol. The number of carbonyl (C=O) groups is 2. The van der Waals surface area contributed by atoms with Crippen molar-refractivity contribution in [1.29, 1.82) is 0 Å². The van der Waals surface area contributed by atoms with Gasteiger partial charge in [0.2, 0.25) is 0 Å². The van der Waals surface area contributed by atoms with E-state index >= 15 is 0 Å². The number of carbonyl (C=O) groups excluding carboxylic acids is 2. The lowest BCUT2D eigenvalue weighted by Crippen LogP contribution is -2.38. The van der Waals surface area contributed by atoms with Crippen LogP contribution in [0.4, 0.5) is 0 Å². The van der Waals surface area contributed by atoms with E-state index < -0.39 is 11.9 Å². The maximum atomic E-state index is 11.5. The van der Waals surface area contributed by atoms with E-state index in [2.05, 4.69) is 0 Å².